The van der Waals surface area contributed by atoms with Gasteiger partial charge in [0.15, 0.2) is 0 Å². The number of methoxy groups -OCH3 is 1. The fraction of sp³-hybridized carbons (Fsp3) is 0.455. The third-order valence-electron chi connectivity index (χ3n) is 2.32. The SMILES string of the molecule is COc1cc(Cl)c(C)cc1NS(=O)(=O)CCCO. The molecule has 0 aliphatic rings. The van der Waals surface area contributed by atoms with Crippen molar-refractivity contribution in [1.29, 1.82) is 0 Å². The molecular formula is C11H16ClNO4S. The number of aliphatic hydroxyl groups excluding tert-OH is 1. The first kappa shape index (κ1) is 15.1. The highest BCUT2D eigenvalue weighted by Crippen LogP contribution is 2.31. The highest BCUT2D eigenvalue weighted by molar-refractivity contribution is 7.92. The van der Waals surface area contributed by atoms with Crippen LogP contribution < -0.4 is 9.46 Å². The van der Waals surface area contributed by atoms with Gasteiger partial charge in [0.2, 0.25) is 10.0 Å². The van der Waals surface area contributed by atoms with Crippen molar-refractivity contribution in [3.63, 3.8) is 0 Å². The lowest BCUT2D eigenvalue weighted by molar-refractivity contribution is 0.295. The van der Waals surface area contributed by atoms with Crippen molar-refractivity contribution in [2.24, 2.45) is 0 Å². The van der Waals surface area contributed by atoms with Crippen LogP contribution >= 0.6 is 11.6 Å². The Bertz CT molecular complexity index is 516. The normalized spacial score (nSPS) is 11.3. The van der Waals surface area contributed by atoms with Gasteiger partial charge in [0.05, 0.1) is 18.6 Å². The van der Waals surface area contributed by atoms with Gasteiger partial charge in [-0.25, -0.2) is 8.42 Å². The van der Waals surface area contributed by atoms with Gasteiger partial charge in [0.25, 0.3) is 0 Å². The molecule has 1 rings (SSSR count). The standard InChI is InChI=1S/C11H16ClNO4S/c1-8-6-10(11(17-2)7-9(8)12)13-18(15,16)5-3-4-14/h6-7,13-14H,3-5H2,1-2H3. The second kappa shape index (κ2) is 6.26. The molecule has 5 nitrogen and oxygen atoms in total. The largest absolute Gasteiger partial charge is 0.495 e. The van der Waals surface area contributed by atoms with E-state index in [4.69, 9.17) is 21.4 Å². The van der Waals surface area contributed by atoms with Crippen LogP contribution in [0.5, 0.6) is 5.75 Å². The molecule has 1 aromatic carbocycles. The molecule has 7 heteroatoms. The number of aliphatic hydroxyl groups is 1. The molecule has 0 heterocycles. The Kier molecular flexibility index (Phi) is 5.25. The summed E-state index contributed by atoms with van der Waals surface area (Å²) in [4.78, 5) is 0. The summed E-state index contributed by atoms with van der Waals surface area (Å²) in [5.74, 6) is 0.215. The minimum atomic E-state index is -3.49. The summed E-state index contributed by atoms with van der Waals surface area (Å²) >= 11 is 5.93. The average molecular weight is 294 g/mol. The highest BCUT2D eigenvalue weighted by atomic mass is 35.5. The fourth-order valence-electron chi connectivity index (χ4n) is 1.39. The molecule has 0 fully saturated rings. The van der Waals surface area contributed by atoms with Crippen LogP contribution in [-0.2, 0) is 10.0 Å². The lowest BCUT2D eigenvalue weighted by Crippen LogP contribution is -2.18. The molecule has 0 aromatic heterocycles. The molecule has 0 aliphatic heterocycles. The summed E-state index contributed by atoms with van der Waals surface area (Å²) in [5.41, 5.74) is 1.09. The lowest BCUT2D eigenvalue weighted by Gasteiger charge is -2.13. The van der Waals surface area contributed by atoms with E-state index in [9.17, 15) is 8.42 Å². The average Bonchev–Trinajstić information content (AvgIpc) is 2.30. The van der Waals surface area contributed by atoms with Crippen molar-refractivity contribution >= 4 is 27.3 Å². The number of rotatable bonds is 6. The van der Waals surface area contributed by atoms with Crippen molar-refractivity contribution < 1.29 is 18.3 Å². The van der Waals surface area contributed by atoms with E-state index in [2.05, 4.69) is 4.72 Å². The number of aryl methyl sites for hydroxylation is 1. The van der Waals surface area contributed by atoms with E-state index in [1.165, 1.54) is 7.11 Å². The van der Waals surface area contributed by atoms with Crippen molar-refractivity contribution in [2.45, 2.75) is 13.3 Å². The van der Waals surface area contributed by atoms with Crippen LogP contribution in [0, 0.1) is 6.92 Å². The molecule has 0 spiro atoms. The third-order valence-corrected chi connectivity index (χ3v) is 4.08. The van der Waals surface area contributed by atoms with E-state index >= 15 is 0 Å². The third kappa shape index (κ3) is 4.04. The van der Waals surface area contributed by atoms with Gasteiger partial charge in [0, 0.05) is 17.7 Å². The van der Waals surface area contributed by atoms with Gasteiger partial charge in [-0.1, -0.05) is 11.6 Å². The van der Waals surface area contributed by atoms with Gasteiger partial charge < -0.3 is 9.84 Å². The van der Waals surface area contributed by atoms with E-state index in [1.54, 1.807) is 19.1 Å². The molecule has 1 aromatic rings. The molecule has 0 atom stereocenters. The predicted octanol–water partition coefficient (Wildman–Crippen LogP) is 1.78. The number of sulfonamides is 1. The molecule has 0 amide bonds. The summed E-state index contributed by atoms with van der Waals surface area (Å²) in [7, 11) is -2.06. The number of hydrogen-bond donors (Lipinski definition) is 2. The van der Waals surface area contributed by atoms with Crippen LogP contribution in [0.15, 0.2) is 12.1 Å². The molecule has 0 saturated carbocycles. The molecule has 0 unspecified atom stereocenters. The summed E-state index contributed by atoms with van der Waals surface area (Å²) in [6, 6.07) is 3.17. The van der Waals surface area contributed by atoms with E-state index < -0.39 is 10.0 Å². The molecule has 102 valence electrons. The quantitative estimate of drug-likeness (QED) is 0.838. The Balaban J connectivity index is 3.00. The smallest absolute Gasteiger partial charge is 0.232 e. The Morgan fingerprint density at radius 1 is 1.44 bits per heavy atom. The van der Waals surface area contributed by atoms with Crippen LogP contribution in [0.1, 0.15) is 12.0 Å². The Labute approximate surface area is 112 Å². The first-order valence-electron chi connectivity index (χ1n) is 5.35. The van der Waals surface area contributed by atoms with Gasteiger partial charge >= 0.3 is 0 Å². The first-order valence-corrected chi connectivity index (χ1v) is 7.38. The van der Waals surface area contributed by atoms with Crippen molar-refractivity contribution in [2.75, 3.05) is 24.2 Å². The number of anilines is 1. The van der Waals surface area contributed by atoms with E-state index in [0.717, 1.165) is 5.56 Å². The van der Waals surface area contributed by atoms with Crippen molar-refractivity contribution in [3.8, 4) is 5.75 Å². The molecule has 0 saturated heterocycles. The fourth-order valence-corrected chi connectivity index (χ4v) is 2.64. The summed E-state index contributed by atoms with van der Waals surface area (Å²) in [6.07, 6.45) is 0.185. The molecule has 2 N–H and O–H groups in total. The molecule has 0 aliphatic carbocycles. The van der Waals surface area contributed by atoms with Crippen LogP contribution in [0.25, 0.3) is 0 Å². The summed E-state index contributed by atoms with van der Waals surface area (Å²) in [5, 5.41) is 9.15. The Hall–Kier alpha value is -0.980. The van der Waals surface area contributed by atoms with E-state index in [-0.39, 0.29) is 18.8 Å². The second-order valence-corrected chi connectivity index (χ2v) is 6.05. The van der Waals surface area contributed by atoms with Crippen LogP contribution in [0.2, 0.25) is 5.02 Å². The van der Waals surface area contributed by atoms with Crippen LogP contribution in [-0.4, -0.2) is 33.0 Å². The maximum Gasteiger partial charge on any atom is 0.232 e. The Morgan fingerprint density at radius 3 is 2.67 bits per heavy atom. The monoisotopic (exact) mass is 293 g/mol. The minimum absolute atomic E-state index is 0.145. The highest BCUT2D eigenvalue weighted by Gasteiger charge is 2.14. The summed E-state index contributed by atoms with van der Waals surface area (Å²) < 4.78 is 30.9. The zero-order valence-corrected chi connectivity index (χ0v) is 11.8. The first-order chi connectivity index (χ1) is 8.39. The second-order valence-electron chi connectivity index (χ2n) is 3.80. The lowest BCUT2D eigenvalue weighted by atomic mass is 10.2. The van der Waals surface area contributed by atoms with Gasteiger partial charge in [0.1, 0.15) is 5.75 Å². The maximum atomic E-state index is 11.7. The van der Waals surface area contributed by atoms with Gasteiger partial charge in [-0.05, 0) is 25.0 Å². The Morgan fingerprint density at radius 2 is 2.11 bits per heavy atom. The van der Waals surface area contributed by atoms with E-state index in [1.807, 2.05) is 0 Å². The minimum Gasteiger partial charge on any atom is -0.495 e. The molecular weight excluding hydrogens is 278 g/mol. The zero-order valence-electron chi connectivity index (χ0n) is 10.2. The number of halogens is 1. The number of hydrogen-bond acceptors (Lipinski definition) is 4. The molecule has 0 radical (unpaired) electrons. The number of nitrogens with one attached hydrogen (secondary N) is 1. The molecule has 0 bridgehead atoms. The van der Waals surface area contributed by atoms with E-state index in [0.29, 0.717) is 16.5 Å². The van der Waals surface area contributed by atoms with Gasteiger partial charge in [-0.2, -0.15) is 0 Å². The zero-order chi connectivity index (χ0) is 13.8. The van der Waals surface area contributed by atoms with Crippen LogP contribution in [0.4, 0.5) is 5.69 Å². The van der Waals surface area contributed by atoms with Gasteiger partial charge in [-0.15, -0.1) is 0 Å². The topological polar surface area (TPSA) is 75.6 Å². The predicted molar refractivity (Wildman–Crippen MR) is 71.9 cm³/mol. The summed E-state index contributed by atoms with van der Waals surface area (Å²) in [6.45, 7) is 1.60. The van der Waals surface area contributed by atoms with Crippen molar-refractivity contribution in [3.05, 3.63) is 22.7 Å². The number of benzene rings is 1. The maximum absolute atomic E-state index is 11.7. The van der Waals surface area contributed by atoms with Gasteiger partial charge in [-0.3, -0.25) is 4.72 Å². The van der Waals surface area contributed by atoms with Crippen molar-refractivity contribution in [1.82, 2.24) is 0 Å². The van der Waals surface area contributed by atoms with Crippen LogP contribution in [0.3, 0.4) is 0 Å². The molecule has 18 heavy (non-hydrogen) atoms. The number of ether oxygens (including phenoxy) is 1.